The van der Waals surface area contributed by atoms with Crippen LogP contribution in [-0.4, -0.2) is 77.3 Å². The molecular weight excluding hydrogens is 439 g/mol. The first kappa shape index (κ1) is 25.4. The molecule has 0 bridgehead atoms. The Hall–Kier alpha value is -3.20. The first-order valence-corrected chi connectivity index (χ1v) is 11.6. The summed E-state index contributed by atoms with van der Waals surface area (Å²) in [5, 5.41) is 12.6. The van der Waals surface area contributed by atoms with Crippen molar-refractivity contribution in [1.29, 1.82) is 0 Å². The number of benzene rings is 1. The lowest BCUT2D eigenvalue weighted by molar-refractivity contribution is 0.0352. The van der Waals surface area contributed by atoms with Crippen molar-refractivity contribution < 1.29 is 23.8 Å². The molecule has 0 saturated carbocycles. The second-order valence-corrected chi connectivity index (χ2v) is 8.79. The van der Waals surface area contributed by atoms with Crippen molar-refractivity contribution in [2.75, 3.05) is 33.3 Å². The largest absolute Gasteiger partial charge is 0.472 e. The average Bonchev–Trinajstić information content (AvgIpc) is 2.84. The number of pyridine rings is 1. The Morgan fingerprint density at radius 2 is 2.12 bits per heavy atom. The number of rotatable bonds is 7. The number of nitrogens with zero attached hydrogens (tertiary/aromatic N) is 3. The number of halogens is 1. The maximum absolute atomic E-state index is 14.4. The van der Waals surface area contributed by atoms with Crippen LogP contribution in [0.2, 0.25) is 0 Å². The van der Waals surface area contributed by atoms with E-state index >= 15 is 0 Å². The van der Waals surface area contributed by atoms with Gasteiger partial charge in [-0.15, -0.1) is 0 Å². The van der Waals surface area contributed by atoms with Crippen LogP contribution in [0, 0.1) is 11.7 Å². The molecule has 0 aliphatic carbocycles. The molecular formula is C25H33FN4O4. The fourth-order valence-corrected chi connectivity index (χ4v) is 3.88. The molecule has 1 aromatic carbocycles. The standard InChI is InChI=1S/C25H33FN4O4/c1-5-10-27-25(33)29(4)14-22-16(2)13-30(17(3)15-31)24(32)20-11-18(12-28-23(20)34-22)19-8-6-7-9-21(19)26/h6-9,11-12,16-17,22,31H,5,10,13-15H2,1-4H3,(H,27,33)/t16-,17+,22-/m1/s1. The summed E-state index contributed by atoms with van der Waals surface area (Å²) >= 11 is 0. The highest BCUT2D eigenvalue weighted by atomic mass is 19.1. The molecule has 0 fully saturated rings. The van der Waals surface area contributed by atoms with Crippen LogP contribution in [0.5, 0.6) is 5.88 Å². The van der Waals surface area contributed by atoms with Crippen molar-refractivity contribution in [2.24, 2.45) is 5.92 Å². The Balaban J connectivity index is 1.99. The molecule has 3 amide bonds. The summed E-state index contributed by atoms with van der Waals surface area (Å²) in [6.45, 7) is 6.64. The molecule has 184 valence electrons. The van der Waals surface area contributed by atoms with Crippen molar-refractivity contribution >= 4 is 11.9 Å². The summed E-state index contributed by atoms with van der Waals surface area (Å²) in [6.07, 6.45) is 1.85. The topological polar surface area (TPSA) is 95.0 Å². The fraction of sp³-hybridized carbons (Fsp3) is 0.480. The van der Waals surface area contributed by atoms with Gasteiger partial charge in [0.1, 0.15) is 17.5 Å². The second-order valence-electron chi connectivity index (χ2n) is 8.79. The third kappa shape index (κ3) is 5.64. The van der Waals surface area contributed by atoms with Crippen LogP contribution in [0.25, 0.3) is 11.1 Å². The Morgan fingerprint density at radius 1 is 1.38 bits per heavy atom. The monoisotopic (exact) mass is 472 g/mol. The molecule has 1 aromatic heterocycles. The van der Waals surface area contributed by atoms with Crippen LogP contribution < -0.4 is 10.1 Å². The minimum absolute atomic E-state index is 0.124. The van der Waals surface area contributed by atoms with Gasteiger partial charge in [-0.2, -0.15) is 0 Å². The Kier molecular flexibility index (Phi) is 8.44. The number of fused-ring (bicyclic) bond motifs is 1. The number of aromatic nitrogens is 1. The van der Waals surface area contributed by atoms with Gasteiger partial charge in [0.2, 0.25) is 5.88 Å². The third-order valence-electron chi connectivity index (χ3n) is 6.03. The molecule has 0 unspecified atom stereocenters. The summed E-state index contributed by atoms with van der Waals surface area (Å²) in [5.74, 6) is -0.795. The van der Waals surface area contributed by atoms with Gasteiger partial charge in [-0.05, 0) is 25.5 Å². The Morgan fingerprint density at radius 3 is 2.79 bits per heavy atom. The quantitative estimate of drug-likeness (QED) is 0.646. The van der Waals surface area contributed by atoms with E-state index in [2.05, 4.69) is 10.3 Å². The van der Waals surface area contributed by atoms with E-state index in [0.717, 1.165) is 6.42 Å². The van der Waals surface area contributed by atoms with Gasteiger partial charge in [-0.1, -0.05) is 32.0 Å². The van der Waals surface area contributed by atoms with Crippen molar-refractivity contribution in [3.8, 4) is 17.0 Å². The van der Waals surface area contributed by atoms with Gasteiger partial charge in [0.25, 0.3) is 5.91 Å². The highest BCUT2D eigenvalue weighted by Crippen LogP contribution is 2.31. The summed E-state index contributed by atoms with van der Waals surface area (Å²) < 4.78 is 20.6. The third-order valence-corrected chi connectivity index (χ3v) is 6.03. The van der Waals surface area contributed by atoms with Crippen molar-refractivity contribution in [2.45, 2.75) is 39.3 Å². The van der Waals surface area contributed by atoms with E-state index in [9.17, 15) is 19.1 Å². The molecule has 0 spiro atoms. The number of nitrogens with one attached hydrogen (secondary N) is 1. The summed E-state index contributed by atoms with van der Waals surface area (Å²) in [7, 11) is 1.69. The number of urea groups is 1. The van der Waals surface area contributed by atoms with Crippen molar-refractivity contribution in [3.05, 3.63) is 47.9 Å². The molecule has 2 heterocycles. The number of aliphatic hydroxyl groups is 1. The van der Waals surface area contributed by atoms with Gasteiger partial charge in [0.05, 0.1) is 19.2 Å². The molecule has 8 nitrogen and oxygen atoms in total. The Labute approximate surface area is 199 Å². The van der Waals surface area contributed by atoms with Crippen molar-refractivity contribution in [1.82, 2.24) is 20.1 Å². The average molecular weight is 473 g/mol. The maximum Gasteiger partial charge on any atom is 0.317 e. The molecule has 0 saturated heterocycles. The molecule has 3 atom stereocenters. The number of ether oxygens (including phenoxy) is 1. The number of hydrogen-bond acceptors (Lipinski definition) is 5. The van der Waals surface area contributed by atoms with Gasteiger partial charge >= 0.3 is 6.03 Å². The molecule has 9 heteroatoms. The second kappa shape index (κ2) is 11.3. The number of carbonyl (C=O) groups excluding carboxylic acids is 2. The van der Waals surface area contributed by atoms with E-state index in [1.54, 1.807) is 48.0 Å². The number of likely N-dealkylation sites (N-methyl/N-ethyl adjacent to an activating group) is 1. The summed E-state index contributed by atoms with van der Waals surface area (Å²) in [6, 6.07) is 7.20. The van der Waals surface area contributed by atoms with Gasteiger partial charge < -0.3 is 25.0 Å². The molecule has 1 aliphatic rings. The highest BCUT2D eigenvalue weighted by molar-refractivity contribution is 5.98. The molecule has 0 radical (unpaired) electrons. The minimum atomic E-state index is -0.454. The van der Waals surface area contributed by atoms with Gasteiger partial charge in [-0.25, -0.2) is 14.2 Å². The number of aliphatic hydroxyl groups excluding tert-OH is 1. The van der Waals surface area contributed by atoms with Crippen molar-refractivity contribution in [3.63, 3.8) is 0 Å². The van der Waals surface area contributed by atoms with Crippen LogP contribution in [0.15, 0.2) is 36.5 Å². The molecule has 2 N–H and O–H groups in total. The lowest BCUT2D eigenvalue weighted by Crippen LogP contribution is -2.51. The van der Waals surface area contributed by atoms with Crippen LogP contribution >= 0.6 is 0 Å². The number of amides is 3. The van der Waals surface area contributed by atoms with Gasteiger partial charge in [0, 0.05) is 43.4 Å². The zero-order valence-electron chi connectivity index (χ0n) is 20.1. The normalized spacial score (nSPS) is 18.9. The zero-order chi connectivity index (χ0) is 24.8. The summed E-state index contributed by atoms with van der Waals surface area (Å²) in [4.78, 5) is 33.4. The molecule has 2 aromatic rings. The fourth-order valence-electron chi connectivity index (χ4n) is 3.88. The van der Waals surface area contributed by atoms with E-state index in [1.807, 2.05) is 13.8 Å². The van der Waals surface area contributed by atoms with Gasteiger partial charge in [-0.3, -0.25) is 4.79 Å². The number of hydrogen-bond donors (Lipinski definition) is 2. The first-order valence-electron chi connectivity index (χ1n) is 11.6. The minimum Gasteiger partial charge on any atom is -0.472 e. The molecule has 34 heavy (non-hydrogen) atoms. The lowest BCUT2D eigenvalue weighted by atomic mass is 9.99. The maximum atomic E-state index is 14.4. The van der Waals surface area contributed by atoms with Crippen LogP contribution in [-0.2, 0) is 0 Å². The lowest BCUT2D eigenvalue weighted by Gasteiger charge is -2.37. The van der Waals surface area contributed by atoms with Crippen LogP contribution in [0.1, 0.15) is 37.6 Å². The van der Waals surface area contributed by atoms with Crippen LogP contribution in [0.4, 0.5) is 9.18 Å². The van der Waals surface area contributed by atoms with E-state index < -0.39 is 18.0 Å². The Bertz CT molecular complexity index is 1020. The molecule has 3 rings (SSSR count). The highest BCUT2D eigenvalue weighted by Gasteiger charge is 2.34. The summed E-state index contributed by atoms with van der Waals surface area (Å²) in [5.41, 5.74) is 0.967. The van der Waals surface area contributed by atoms with Crippen LogP contribution in [0.3, 0.4) is 0 Å². The predicted molar refractivity (Wildman–Crippen MR) is 127 cm³/mol. The smallest absolute Gasteiger partial charge is 0.317 e. The van der Waals surface area contributed by atoms with E-state index in [-0.39, 0.29) is 42.5 Å². The first-order chi connectivity index (χ1) is 16.3. The van der Waals surface area contributed by atoms with E-state index in [0.29, 0.717) is 24.2 Å². The number of carbonyl (C=O) groups is 2. The van der Waals surface area contributed by atoms with Gasteiger partial charge in [0.15, 0.2) is 0 Å². The zero-order valence-corrected chi connectivity index (χ0v) is 20.1. The SMILES string of the molecule is CCCNC(=O)N(C)C[C@H]1Oc2ncc(-c3ccccc3F)cc2C(=O)N([C@@H](C)CO)C[C@H]1C. The molecule has 1 aliphatic heterocycles. The van der Waals surface area contributed by atoms with E-state index in [1.165, 1.54) is 12.3 Å². The van der Waals surface area contributed by atoms with E-state index in [4.69, 9.17) is 4.74 Å². The predicted octanol–water partition coefficient (Wildman–Crippen LogP) is 3.16.